The van der Waals surface area contributed by atoms with Gasteiger partial charge in [0.05, 0.1) is 17.2 Å². The molecule has 0 saturated heterocycles. The van der Waals surface area contributed by atoms with Gasteiger partial charge in [-0.15, -0.1) is 0 Å². The Labute approximate surface area is 145 Å². The fourth-order valence-corrected chi connectivity index (χ4v) is 2.22. The Kier molecular flexibility index (Phi) is 5.48. The molecular formula is C17H14F6N2O. The van der Waals surface area contributed by atoms with Gasteiger partial charge < -0.3 is 10.6 Å². The van der Waals surface area contributed by atoms with E-state index in [0.29, 0.717) is 12.1 Å². The van der Waals surface area contributed by atoms with Crippen LogP contribution in [0.15, 0.2) is 48.5 Å². The second-order valence-electron chi connectivity index (χ2n) is 5.53. The number of alkyl halides is 6. The molecule has 3 nitrogen and oxygen atoms in total. The number of nitrogens with one attached hydrogen (secondary N) is 2. The van der Waals surface area contributed by atoms with E-state index in [2.05, 4.69) is 5.32 Å². The molecule has 0 aliphatic rings. The number of urea groups is 1. The van der Waals surface area contributed by atoms with Crippen molar-refractivity contribution in [3.63, 3.8) is 0 Å². The van der Waals surface area contributed by atoms with Gasteiger partial charge in [0.15, 0.2) is 0 Å². The summed E-state index contributed by atoms with van der Waals surface area (Å²) in [5.41, 5.74) is -2.88. The third kappa shape index (κ3) is 5.14. The van der Waals surface area contributed by atoms with E-state index < -0.39 is 41.2 Å². The number of hydrogen-bond acceptors (Lipinski definition) is 1. The molecule has 0 bridgehead atoms. The number of amides is 2. The average molecular weight is 376 g/mol. The predicted octanol–water partition coefficient (Wildman–Crippen LogP) is 5.61. The maximum Gasteiger partial charge on any atom is 0.416 e. The Morgan fingerprint density at radius 2 is 1.38 bits per heavy atom. The molecule has 0 saturated carbocycles. The lowest BCUT2D eigenvalue weighted by molar-refractivity contribution is -0.143. The van der Waals surface area contributed by atoms with Gasteiger partial charge in [-0.2, -0.15) is 26.3 Å². The molecule has 2 aromatic rings. The van der Waals surface area contributed by atoms with Crippen molar-refractivity contribution in [1.29, 1.82) is 0 Å². The molecule has 0 heterocycles. The molecule has 2 aromatic carbocycles. The fraction of sp³-hybridized carbons (Fsp3) is 0.235. The minimum Gasteiger partial charge on any atom is -0.331 e. The van der Waals surface area contributed by atoms with E-state index in [4.69, 9.17) is 0 Å². The molecule has 0 spiro atoms. The molecule has 0 unspecified atom stereocenters. The van der Waals surface area contributed by atoms with Crippen LogP contribution in [-0.4, -0.2) is 6.03 Å². The highest BCUT2D eigenvalue weighted by molar-refractivity contribution is 5.89. The van der Waals surface area contributed by atoms with Gasteiger partial charge >= 0.3 is 18.4 Å². The normalized spacial score (nSPS) is 13.2. The van der Waals surface area contributed by atoms with Crippen molar-refractivity contribution >= 4 is 11.7 Å². The molecule has 0 fully saturated rings. The van der Waals surface area contributed by atoms with Gasteiger partial charge in [0.1, 0.15) is 0 Å². The molecule has 0 radical (unpaired) electrons. The van der Waals surface area contributed by atoms with E-state index in [9.17, 15) is 31.1 Å². The summed E-state index contributed by atoms with van der Waals surface area (Å²) in [5.74, 6) is 0. The highest BCUT2D eigenvalue weighted by Crippen LogP contribution is 2.37. The molecule has 140 valence electrons. The lowest BCUT2D eigenvalue weighted by atomic mass is 10.1. The predicted molar refractivity (Wildman–Crippen MR) is 83.5 cm³/mol. The second-order valence-corrected chi connectivity index (χ2v) is 5.53. The van der Waals surface area contributed by atoms with E-state index in [1.54, 1.807) is 37.3 Å². The number of benzene rings is 2. The van der Waals surface area contributed by atoms with Crippen LogP contribution in [0.3, 0.4) is 0 Å². The van der Waals surface area contributed by atoms with Gasteiger partial charge in [-0.25, -0.2) is 4.79 Å². The minimum atomic E-state index is -4.98. The minimum absolute atomic E-state index is 0.00429. The molecule has 0 aliphatic heterocycles. The van der Waals surface area contributed by atoms with E-state index in [-0.39, 0.29) is 6.07 Å². The summed E-state index contributed by atoms with van der Waals surface area (Å²) >= 11 is 0. The van der Waals surface area contributed by atoms with Gasteiger partial charge in [0.25, 0.3) is 0 Å². The maximum atomic E-state index is 12.8. The fourth-order valence-electron chi connectivity index (χ4n) is 2.22. The molecular weight excluding hydrogens is 362 g/mol. The quantitative estimate of drug-likeness (QED) is 0.672. The van der Waals surface area contributed by atoms with Crippen LogP contribution in [0.25, 0.3) is 0 Å². The number of carbonyl (C=O) groups excluding carboxylic acids is 1. The zero-order chi connectivity index (χ0) is 19.5. The van der Waals surface area contributed by atoms with Gasteiger partial charge in [-0.3, -0.25) is 0 Å². The number of hydrogen-bond donors (Lipinski definition) is 2. The van der Waals surface area contributed by atoms with Gasteiger partial charge in [0.2, 0.25) is 0 Å². The Balaban J connectivity index is 2.21. The largest absolute Gasteiger partial charge is 0.416 e. The lowest BCUT2D eigenvalue weighted by Crippen LogP contribution is -2.31. The highest BCUT2D eigenvalue weighted by Gasteiger charge is 2.37. The Hall–Kier alpha value is -2.71. The van der Waals surface area contributed by atoms with Gasteiger partial charge in [-0.05, 0) is 30.7 Å². The standard InChI is InChI=1S/C17H14F6N2O/c1-10(11-5-3-2-4-6-11)24-15(26)25-14-8-12(16(18,19)20)7-13(9-14)17(21,22)23/h2-10H,1H3,(H2,24,25,26)/t10-/m1/s1. The van der Waals surface area contributed by atoms with Crippen molar-refractivity contribution in [2.45, 2.75) is 25.3 Å². The SMILES string of the molecule is C[C@@H](NC(=O)Nc1cc(C(F)(F)F)cc(C(F)(F)F)c1)c1ccccc1. The smallest absolute Gasteiger partial charge is 0.331 e. The molecule has 2 rings (SSSR count). The molecule has 26 heavy (non-hydrogen) atoms. The van der Waals surface area contributed by atoms with E-state index in [0.717, 1.165) is 5.56 Å². The number of rotatable bonds is 3. The molecule has 2 amide bonds. The number of halogens is 6. The highest BCUT2D eigenvalue weighted by atomic mass is 19.4. The van der Waals surface area contributed by atoms with E-state index in [1.807, 2.05) is 5.32 Å². The Bertz CT molecular complexity index is 739. The zero-order valence-electron chi connectivity index (χ0n) is 13.4. The average Bonchev–Trinajstić information content (AvgIpc) is 2.53. The topological polar surface area (TPSA) is 41.1 Å². The molecule has 0 aromatic heterocycles. The lowest BCUT2D eigenvalue weighted by Gasteiger charge is -2.17. The van der Waals surface area contributed by atoms with Crippen molar-refractivity contribution in [2.75, 3.05) is 5.32 Å². The maximum absolute atomic E-state index is 12.8. The number of carbonyl (C=O) groups is 1. The third-order valence-electron chi connectivity index (χ3n) is 3.49. The van der Waals surface area contributed by atoms with Crippen LogP contribution in [0, 0.1) is 0 Å². The van der Waals surface area contributed by atoms with Crippen molar-refractivity contribution in [3.05, 3.63) is 65.2 Å². The third-order valence-corrected chi connectivity index (χ3v) is 3.49. The van der Waals surface area contributed by atoms with Crippen molar-refractivity contribution in [2.24, 2.45) is 0 Å². The Morgan fingerprint density at radius 1 is 0.885 bits per heavy atom. The first-order valence-electron chi connectivity index (χ1n) is 7.39. The summed E-state index contributed by atoms with van der Waals surface area (Å²) in [6.45, 7) is 1.63. The zero-order valence-corrected chi connectivity index (χ0v) is 13.4. The summed E-state index contributed by atoms with van der Waals surface area (Å²) < 4.78 is 76.9. The summed E-state index contributed by atoms with van der Waals surface area (Å²) in [7, 11) is 0. The first kappa shape index (κ1) is 19.6. The summed E-state index contributed by atoms with van der Waals surface area (Å²) in [4.78, 5) is 11.9. The van der Waals surface area contributed by atoms with Gasteiger partial charge in [-0.1, -0.05) is 30.3 Å². The Morgan fingerprint density at radius 3 is 1.85 bits per heavy atom. The van der Waals surface area contributed by atoms with E-state index in [1.165, 1.54) is 0 Å². The van der Waals surface area contributed by atoms with Crippen LogP contribution < -0.4 is 10.6 Å². The first-order valence-corrected chi connectivity index (χ1v) is 7.39. The van der Waals surface area contributed by atoms with Crippen molar-refractivity contribution in [1.82, 2.24) is 5.32 Å². The monoisotopic (exact) mass is 376 g/mol. The summed E-state index contributed by atoms with van der Waals surface area (Å²) in [6, 6.07) is 8.13. The van der Waals surface area contributed by atoms with Crippen molar-refractivity contribution in [3.8, 4) is 0 Å². The molecule has 0 aliphatic carbocycles. The van der Waals surface area contributed by atoms with Crippen LogP contribution in [0.4, 0.5) is 36.8 Å². The van der Waals surface area contributed by atoms with E-state index >= 15 is 0 Å². The molecule has 2 N–H and O–H groups in total. The van der Waals surface area contributed by atoms with Crippen LogP contribution in [0.2, 0.25) is 0 Å². The summed E-state index contributed by atoms with van der Waals surface area (Å²) in [5, 5.41) is 4.47. The van der Waals surface area contributed by atoms with Crippen molar-refractivity contribution < 1.29 is 31.1 Å². The van der Waals surface area contributed by atoms with Crippen LogP contribution in [0.5, 0.6) is 0 Å². The summed E-state index contributed by atoms with van der Waals surface area (Å²) in [6.07, 6.45) is -9.96. The molecule has 1 atom stereocenters. The van der Waals surface area contributed by atoms with Crippen LogP contribution >= 0.6 is 0 Å². The second kappa shape index (κ2) is 7.27. The van der Waals surface area contributed by atoms with Gasteiger partial charge in [0, 0.05) is 5.69 Å². The number of anilines is 1. The van der Waals surface area contributed by atoms with Crippen LogP contribution in [-0.2, 0) is 12.4 Å². The first-order chi connectivity index (χ1) is 12.0. The molecule has 9 heteroatoms. The van der Waals surface area contributed by atoms with Crippen LogP contribution in [0.1, 0.15) is 29.7 Å².